The Bertz CT molecular complexity index is 669. The lowest BCUT2D eigenvalue weighted by Gasteiger charge is -2.07. The molecule has 0 saturated heterocycles. The van der Waals surface area contributed by atoms with Crippen LogP contribution in [0.2, 0.25) is 0 Å². The minimum absolute atomic E-state index is 0.132. The molecule has 1 unspecified atom stereocenters. The molecule has 112 valence electrons. The van der Waals surface area contributed by atoms with Crippen LogP contribution in [0.15, 0.2) is 35.7 Å². The summed E-state index contributed by atoms with van der Waals surface area (Å²) in [5.74, 6) is 0.961. The van der Waals surface area contributed by atoms with E-state index in [0.29, 0.717) is 5.75 Å². The Labute approximate surface area is 125 Å². The Morgan fingerprint density at radius 1 is 1.43 bits per heavy atom. The van der Waals surface area contributed by atoms with Gasteiger partial charge in [-0.15, -0.1) is 5.10 Å². The summed E-state index contributed by atoms with van der Waals surface area (Å²) in [5.41, 5.74) is 0.850. The molecule has 2 rings (SSSR count). The SMILES string of the molecule is COc1cccc(CS(=O)c2ncn(C(=O)N(C)C)n2)c1. The van der Waals surface area contributed by atoms with E-state index in [2.05, 4.69) is 10.1 Å². The maximum Gasteiger partial charge on any atom is 0.345 e. The lowest BCUT2D eigenvalue weighted by atomic mass is 10.2. The van der Waals surface area contributed by atoms with Crippen molar-refractivity contribution in [1.82, 2.24) is 19.7 Å². The Morgan fingerprint density at radius 2 is 2.19 bits per heavy atom. The number of carbonyl (C=O) groups is 1. The summed E-state index contributed by atoms with van der Waals surface area (Å²) in [6.07, 6.45) is 1.27. The molecule has 8 heteroatoms. The van der Waals surface area contributed by atoms with Gasteiger partial charge in [-0.1, -0.05) is 12.1 Å². The second-order valence-corrected chi connectivity index (χ2v) is 5.83. The van der Waals surface area contributed by atoms with Crippen LogP contribution in [0.25, 0.3) is 0 Å². The molecular weight excluding hydrogens is 292 g/mol. The minimum Gasteiger partial charge on any atom is -0.497 e. The summed E-state index contributed by atoms with van der Waals surface area (Å²) in [6, 6.07) is 6.96. The van der Waals surface area contributed by atoms with Crippen LogP contribution in [0.1, 0.15) is 5.56 Å². The molecular formula is C13H16N4O3S. The van der Waals surface area contributed by atoms with E-state index in [9.17, 15) is 9.00 Å². The number of amides is 1. The standard InChI is InChI=1S/C13H16N4O3S/c1-16(2)13(18)17-9-14-12(15-17)21(19)8-10-5-4-6-11(7-10)20-3/h4-7,9H,8H2,1-3H3. The molecule has 7 nitrogen and oxygen atoms in total. The van der Waals surface area contributed by atoms with Crippen molar-refractivity contribution in [2.45, 2.75) is 10.9 Å². The molecule has 21 heavy (non-hydrogen) atoms. The third-order valence-corrected chi connectivity index (χ3v) is 3.87. The van der Waals surface area contributed by atoms with Crippen molar-refractivity contribution in [1.29, 1.82) is 0 Å². The molecule has 0 radical (unpaired) electrons. The summed E-state index contributed by atoms with van der Waals surface area (Å²) in [4.78, 5) is 17.0. The highest BCUT2D eigenvalue weighted by Crippen LogP contribution is 2.15. The fraction of sp³-hybridized carbons (Fsp3) is 0.308. The maximum absolute atomic E-state index is 12.2. The molecule has 0 bridgehead atoms. The zero-order chi connectivity index (χ0) is 15.4. The topological polar surface area (TPSA) is 77.3 Å². The Kier molecular flexibility index (Phi) is 4.69. The highest BCUT2D eigenvalue weighted by atomic mass is 32.2. The first-order chi connectivity index (χ1) is 10.0. The molecule has 0 N–H and O–H groups in total. The van der Waals surface area contributed by atoms with E-state index in [-0.39, 0.29) is 16.9 Å². The van der Waals surface area contributed by atoms with Crippen LogP contribution in [0.3, 0.4) is 0 Å². The second-order valence-electron chi connectivity index (χ2n) is 4.49. The lowest BCUT2D eigenvalue weighted by molar-refractivity contribution is 0.215. The largest absolute Gasteiger partial charge is 0.497 e. The summed E-state index contributed by atoms with van der Waals surface area (Å²) < 4.78 is 18.4. The molecule has 0 aliphatic heterocycles. The van der Waals surface area contributed by atoms with E-state index in [4.69, 9.17) is 4.74 Å². The third-order valence-electron chi connectivity index (χ3n) is 2.68. The molecule has 1 aromatic heterocycles. The fourth-order valence-electron chi connectivity index (χ4n) is 1.63. The van der Waals surface area contributed by atoms with E-state index >= 15 is 0 Å². The van der Waals surface area contributed by atoms with E-state index in [1.165, 1.54) is 11.2 Å². The molecule has 1 atom stereocenters. The Morgan fingerprint density at radius 3 is 2.86 bits per heavy atom. The number of ether oxygens (including phenoxy) is 1. The van der Waals surface area contributed by atoms with E-state index in [0.717, 1.165) is 10.2 Å². The van der Waals surface area contributed by atoms with Crippen LogP contribution >= 0.6 is 0 Å². The van der Waals surface area contributed by atoms with Crippen LogP contribution in [0.5, 0.6) is 5.75 Å². The molecule has 0 aliphatic rings. The maximum atomic E-state index is 12.2. The molecule has 1 heterocycles. The number of benzene rings is 1. The van der Waals surface area contributed by atoms with Gasteiger partial charge in [0.05, 0.1) is 23.7 Å². The van der Waals surface area contributed by atoms with Crippen molar-refractivity contribution in [3.8, 4) is 5.75 Å². The van der Waals surface area contributed by atoms with Crippen LogP contribution in [0.4, 0.5) is 4.79 Å². The van der Waals surface area contributed by atoms with Gasteiger partial charge in [0.25, 0.3) is 0 Å². The number of rotatable bonds is 4. The number of methoxy groups -OCH3 is 1. The van der Waals surface area contributed by atoms with E-state index < -0.39 is 10.8 Å². The second kappa shape index (κ2) is 6.49. The van der Waals surface area contributed by atoms with E-state index in [1.54, 1.807) is 27.3 Å². The minimum atomic E-state index is -1.42. The first-order valence-electron chi connectivity index (χ1n) is 6.16. The van der Waals surface area contributed by atoms with E-state index in [1.807, 2.05) is 18.2 Å². The molecule has 1 amide bonds. The molecule has 0 aliphatic carbocycles. The predicted octanol–water partition coefficient (Wildman–Crippen LogP) is 1.12. The number of hydrogen-bond acceptors (Lipinski definition) is 5. The smallest absolute Gasteiger partial charge is 0.345 e. The summed E-state index contributed by atoms with van der Waals surface area (Å²) in [6.45, 7) is 0. The number of hydrogen-bond donors (Lipinski definition) is 0. The van der Waals surface area contributed by atoms with Gasteiger partial charge in [0.1, 0.15) is 12.1 Å². The lowest BCUT2D eigenvalue weighted by Crippen LogP contribution is -2.27. The van der Waals surface area contributed by atoms with Gasteiger partial charge >= 0.3 is 6.03 Å². The van der Waals surface area contributed by atoms with Crippen molar-refractivity contribution in [3.05, 3.63) is 36.2 Å². The zero-order valence-corrected chi connectivity index (χ0v) is 12.8. The highest BCUT2D eigenvalue weighted by molar-refractivity contribution is 7.84. The summed E-state index contributed by atoms with van der Waals surface area (Å²) >= 11 is 0. The Balaban J connectivity index is 2.12. The van der Waals surface area contributed by atoms with Gasteiger partial charge in [0.15, 0.2) is 0 Å². The number of carbonyl (C=O) groups excluding carboxylic acids is 1. The third kappa shape index (κ3) is 3.66. The van der Waals surface area contributed by atoms with Crippen molar-refractivity contribution in [3.63, 3.8) is 0 Å². The first-order valence-corrected chi connectivity index (χ1v) is 7.48. The normalized spacial score (nSPS) is 12.0. The average Bonchev–Trinajstić information content (AvgIpc) is 2.96. The fourth-order valence-corrected chi connectivity index (χ4v) is 2.58. The van der Waals surface area contributed by atoms with Gasteiger partial charge in [-0.05, 0) is 17.7 Å². The van der Waals surface area contributed by atoms with Gasteiger partial charge < -0.3 is 9.64 Å². The quantitative estimate of drug-likeness (QED) is 0.846. The highest BCUT2D eigenvalue weighted by Gasteiger charge is 2.15. The Hall–Kier alpha value is -2.22. The van der Waals surface area contributed by atoms with Crippen molar-refractivity contribution >= 4 is 16.8 Å². The van der Waals surface area contributed by atoms with Crippen LogP contribution in [0, 0.1) is 0 Å². The van der Waals surface area contributed by atoms with Gasteiger partial charge in [0.2, 0.25) is 5.16 Å². The first kappa shape index (κ1) is 15.2. The van der Waals surface area contributed by atoms with Gasteiger partial charge in [-0.3, -0.25) is 4.21 Å². The molecule has 0 spiro atoms. The van der Waals surface area contributed by atoms with Crippen LogP contribution in [-0.2, 0) is 16.6 Å². The summed E-state index contributed by atoms with van der Waals surface area (Å²) in [5, 5.41) is 4.09. The van der Waals surface area contributed by atoms with Crippen LogP contribution in [-0.4, -0.2) is 51.1 Å². The van der Waals surface area contributed by atoms with Gasteiger partial charge in [0, 0.05) is 14.1 Å². The number of aromatic nitrogens is 3. The van der Waals surface area contributed by atoms with Crippen molar-refractivity contribution in [2.24, 2.45) is 0 Å². The van der Waals surface area contributed by atoms with Gasteiger partial charge in [-0.2, -0.15) is 4.68 Å². The van der Waals surface area contributed by atoms with Crippen molar-refractivity contribution < 1.29 is 13.7 Å². The molecule has 0 saturated carbocycles. The van der Waals surface area contributed by atoms with Crippen molar-refractivity contribution in [2.75, 3.05) is 21.2 Å². The molecule has 0 fully saturated rings. The summed E-state index contributed by atoms with van der Waals surface area (Å²) in [7, 11) is 3.37. The zero-order valence-electron chi connectivity index (χ0n) is 12.0. The van der Waals surface area contributed by atoms with Crippen LogP contribution < -0.4 is 4.74 Å². The number of nitrogens with zero attached hydrogens (tertiary/aromatic N) is 4. The van der Waals surface area contributed by atoms with Gasteiger partial charge in [-0.25, -0.2) is 9.78 Å². The predicted molar refractivity (Wildman–Crippen MR) is 77.6 cm³/mol. The molecule has 2 aromatic rings. The molecule has 1 aromatic carbocycles. The monoisotopic (exact) mass is 308 g/mol. The average molecular weight is 308 g/mol.